The van der Waals surface area contributed by atoms with E-state index in [1.807, 2.05) is 36.9 Å². The number of halogens is 1. The molecule has 2 atom stereocenters. The van der Waals surface area contributed by atoms with Crippen LogP contribution in [0.3, 0.4) is 0 Å². The zero-order valence-corrected chi connectivity index (χ0v) is 18.3. The summed E-state index contributed by atoms with van der Waals surface area (Å²) in [5, 5.41) is 0.728. The summed E-state index contributed by atoms with van der Waals surface area (Å²) in [6.45, 7) is 7.69. The quantitative estimate of drug-likeness (QED) is 0.697. The monoisotopic (exact) mass is 427 g/mol. The number of anilines is 1. The van der Waals surface area contributed by atoms with Gasteiger partial charge in [-0.15, -0.1) is 0 Å². The lowest BCUT2D eigenvalue weighted by atomic mass is 10.1. The average Bonchev–Trinajstić information content (AvgIpc) is 3.01. The highest BCUT2D eigenvalue weighted by molar-refractivity contribution is 7.91. The van der Waals surface area contributed by atoms with Gasteiger partial charge in [-0.25, -0.2) is 8.42 Å². The predicted molar refractivity (Wildman–Crippen MR) is 114 cm³/mol. The van der Waals surface area contributed by atoms with Crippen LogP contribution >= 0.6 is 11.6 Å². The lowest BCUT2D eigenvalue weighted by molar-refractivity contribution is -0.136. The van der Waals surface area contributed by atoms with E-state index in [1.165, 1.54) is 0 Å². The summed E-state index contributed by atoms with van der Waals surface area (Å²) in [7, 11) is -3.02. The number of nitrogens with zero attached hydrogens (tertiary/aromatic N) is 3. The molecule has 2 heterocycles. The average molecular weight is 428 g/mol. The number of carbonyl (C=O) groups excluding carboxylic acids is 1. The molecular formula is C20H30ClN3O3S. The van der Waals surface area contributed by atoms with Crippen LogP contribution in [0.2, 0.25) is 5.02 Å². The molecule has 2 saturated heterocycles. The Balaban J connectivity index is 1.58. The van der Waals surface area contributed by atoms with Gasteiger partial charge in [0.1, 0.15) is 0 Å². The summed E-state index contributed by atoms with van der Waals surface area (Å²) in [5.74, 6) is 0.342. The summed E-state index contributed by atoms with van der Waals surface area (Å²) in [6, 6.07) is 7.71. The van der Waals surface area contributed by atoms with E-state index in [1.54, 1.807) is 0 Å². The van der Waals surface area contributed by atoms with E-state index in [0.717, 1.165) is 43.3 Å². The second-order valence-electron chi connectivity index (χ2n) is 7.86. The van der Waals surface area contributed by atoms with Crippen LogP contribution in [0.1, 0.15) is 26.7 Å². The number of benzene rings is 1. The molecule has 0 spiro atoms. The minimum atomic E-state index is -3.02. The Labute approximate surface area is 173 Å². The number of amides is 1. The molecule has 2 aliphatic heterocycles. The summed E-state index contributed by atoms with van der Waals surface area (Å²) < 4.78 is 23.8. The molecule has 28 heavy (non-hydrogen) atoms. The Hall–Kier alpha value is -1.31. The van der Waals surface area contributed by atoms with Gasteiger partial charge in [0.2, 0.25) is 5.91 Å². The minimum absolute atomic E-state index is 0.0488. The second-order valence-corrected chi connectivity index (χ2v) is 10.5. The second kappa shape index (κ2) is 9.01. The summed E-state index contributed by atoms with van der Waals surface area (Å²) in [4.78, 5) is 19.4. The summed E-state index contributed by atoms with van der Waals surface area (Å²) in [6.07, 6.45) is 1.38. The predicted octanol–water partition coefficient (Wildman–Crippen LogP) is 2.28. The third kappa shape index (κ3) is 5.19. The van der Waals surface area contributed by atoms with Gasteiger partial charge in [0, 0.05) is 49.0 Å². The molecule has 0 radical (unpaired) electrons. The van der Waals surface area contributed by atoms with Gasteiger partial charge in [0.25, 0.3) is 0 Å². The van der Waals surface area contributed by atoms with Crippen molar-refractivity contribution in [3.05, 3.63) is 29.3 Å². The van der Waals surface area contributed by atoms with Crippen LogP contribution in [0.4, 0.5) is 5.69 Å². The van der Waals surface area contributed by atoms with Gasteiger partial charge in [-0.05, 0) is 38.0 Å². The first-order chi connectivity index (χ1) is 13.3. The third-order valence-electron chi connectivity index (χ3n) is 5.86. The van der Waals surface area contributed by atoms with Crippen LogP contribution in [-0.2, 0) is 14.6 Å². The van der Waals surface area contributed by atoms with Gasteiger partial charge in [-0.1, -0.05) is 24.6 Å². The lowest BCUT2D eigenvalue weighted by Crippen LogP contribution is -2.53. The fourth-order valence-electron chi connectivity index (χ4n) is 4.11. The van der Waals surface area contributed by atoms with Crippen LogP contribution in [0, 0.1) is 0 Å². The summed E-state index contributed by atoms with van der Waals surface area (Å²) in [5.41, 5.74) is 1.11. The highest BCUT2D eigenvalue weighted by Gasteiger charge is 2.37. The van der Waals surface area contributed by atoms with Crippen molar-refractivity contribution in [1.82, 2.24) is 9.80 Å². The van der Waals surface area contributed by atoms with Crippen molar-refractivity contribution in [2.24, 2.45) is 0 Å². The molecule has 2 aliphatic rings. The van der Waals surface area contributed by atoms with Gasteiger partial charge in [0.15, 0.2) is 9.84 Å². The minimum Gasteiger partial charge on any atom is -0.369 e. The fraction of sp³-hybridized carbons (Fsp3) is 0.650. The zero-order valence-electron chi connectivity index (χ0n) is 16.7. The van der Waals surface area contributed by atoms with Gasteiger partial charge in [0.05, 0.1) is 18.1 Å². The number of carbonyl (C=O) groups is 1. The van der Waals surface area contributed by atoms with Crippen LogP contribution < -0.4 is 4.90 Å². The summed E-state index contributed by atoms with van der Waals surface area (Å²) >= 11 is 6.09. The van der Waals surface area contributed by atoms with Gasteiger partial charge in [-0.2, -0.15) is 0 Å². The van der Waals surface area contributed by atoms with E-state index in [4.69, 9.17) is 11.6 Å². The molecule has 156 valence electrons. The van der Waals surface area contributed by atoms with E-state index in [-0.39, 0.29) is 29.5 Å². The van der Waals surface area contributed by atoms with Crippen LogP contribution in [0.15, 0.2) is 24.3 Å². The molecule has 0 aliphatic carbocycles. The standard InChI is InChI=1S/C20H30ClN3O3S/c1-3-16(2)24(19-7-12-28(26,27)15-19)20(25)14-22-8-10-23(11-9-22)18-6-4-5-17(21)13-18/h4-6,13,16,19H,3,7-12,14-15H2,1-2H3/t16-,19-/m0/s1. The Bertz CT molecular complexity index is 794. The molecule has 0 N–H and O–H groups in total. The fourth-order valence-corrected chi connectivity index (χ4v) is 6.01. The topological polar surface area (TPSA) is 60.9 Å². The molecule has 0 unspecified atom stereocenters. The molecule has 6 nitrogen and oxygen atoms in total. The largest absolute Gasteiger partial charge is 0.369 e. The van der Waals surface area contributed by atoms with E-state index < -0.39 is 9.84 Å². The zero-order chi connectivity index (χ0) is 20.3. The van der Waals surface area contributed by atoms with Crippen molar-refractivity contribution in [1.29, 1.82) is 0 Å². The first-order valence-corrected chi connectivity index (χ1v) is 12.2. The van der Waals surface area contributed by atoms with E-state index in [2.05, 4.69) is 15.9 Å². The molecule has 1 aromatic carbocycles. The number of rotatable bonds is 6. The van der Waals surface area contributed by atoms with E-state index in [0.29, 0.717) is 13.0 Å². The van der Waals surface area contributed by atoms with Gasteiger partial charge < -0.3 is 9.80 Å². The van der Waals surface area contributed by atoms with Crippen LogP contribution in [0.5, 0.6) is 0 Å². The van der Waals surface area contributed by atoms with Crippen molar-refractivity contribution in [2.45, 2.75) is 38.8 Å². The van der Waals surface area contributed by atoms with Crippen molar-refractivity contribution in [3.63, 3.8) is 0 Å². The third-order valence-corrected chi connectivity index (χ3v) is 7.85. The number of sulfone groups is 1. The van der Waals surface area contributed by atoms with Crippen molar-refractivity contribution < 1.29 is 13.2 Å². The maximum Gasteiger partial charge on any atom is 0.237 e. The van der Waals surface area contributed by atoms with Crippen molar-refractivity contribution >= 4 is 33.0 Å². The first kappa shape index (κ1) is 21.4. The Kier molecular flexibility index (Phi) is 6.89. The number of piperazine rings is 1. The molecular weight excluding hydrogens is 398 g/mol. The number of hydrogen-bond acceptors (Lipinski definition) is 5. The molecule has 2 fully saturated rings. The molecule has 0 saturated carbocycles. The molecule has 0 bridgehead atoms. The number of hydrogen-bond donors (Lipinski definition) is 0. The lowest BCUT2D eigenvalue weighted by Gasteiger charge is -2.39. The highest BCUT2D eigenvalue weighted by Crippen LogP contribution is 2.23. The normalized spacial score (nSPS) is 23.5. The Morgan fingerprint density at radius 3 is 2.57 bits per heavy atom. The van der Waals surface area contributed by atoms with E-state index in [9.17, 15) is 13.2 Å². The van der Waals surface area contributed by atoms with Gasteiger partial charge in [-0.3, -0.25) is 9.69 Å². The molecule has 8 heteroatoms. The van der Waals surface area contributed by atoms with Crippen molar-refractivity contribution in [2.75, 3.05) is 49.1 Å². The first-order valence-electron chi connectivity index (χ1n) is 10.0. The van der Waals surface area contributed by atoms with Gasteiger partial charge >= 0.3 is 0 Å². The smallest absolute Gasteiger partial charge is 0.237 e. The SMILES string of the molecule is CC[C@H](C)N(C(=O)CN1CCN(c2cccc(Cl)c2)CC1)[C@H]1CCS(=O)(=O)C1. The van der Waals surface area contributed by atoms with Crippen molar-refractivity contribution in [3.8, 4) is 0 Å². The Morgan fingerprint density at radius 1 is 1.29 bits per heavy atom. The molecule has 3 rings (SSSR count). The maximum atomic E-state index is 13.1. The Morgan fingerprint density at radius 2 is 2.00 bits per heavy atom. The van der Waals surface area contributed by atoms with Crippen LogP contribution in [-0.4, -0.2) is 80.4 Å². The highest BCUT2D eigenvalue weighted by atomic mass is 35.5. The maximum absolute atomic E-state index is 13.1. The molecule has 0 aromatic heterocycles. The van der Waals surface area contributed by atoms with Crippen LogP contribution in [0.25, 0.3) is 0 Å². The molecule has 1 aromatic rings. The molecule has 1 amide bonds. The van der Waals surface area contributed by atoms with E-state index >= 15 is 0 Å².